The van der Waals surface area contributed by atoms with Gasteiger partial charge in [0.05, 0.1) is 6.04 Å². The van der Waals surface area contributed by atoms with Crippen LogP contribution in [0.3, 0.4) is 0 Å². The van der Waals surface area contributed by atoms with E-state index in [0.717, 1.165) is 38.5 Å². The quantitative estimate of drug-likeness (QED) is 0.246. The number of allylic oxidation sites excluding steroid dienone is 4. The molecule has 0 bridgehead atoms. The molecule has 4 aliphatic carbocycles. The van der Waals surface area contributed by atoms with Gasteiger partial charge in [0.1, 0.15) is 5.60 Å². The van der Waals surface area contributed by atoms with E-state index in [4.69, 9.17) is 11.6 Å². The lowest BCUT2D eigenvalue weighted by molar-refractivity contribution is -0.114. The number of hydrogen-bond acceptors (Lipinski definition) is 5. The van der Waals surface area contributed by atoms with Gasteiger partial charge in [-0.2, -0.15) is 0 Å². The van der Waals surface area contributed by atoms with Gasteiger partial charge in [-0.25, -0.2) is 0 Å². The molecule has 1 unspecified atom stereocenters. The molecule has 2 aromatic rings. The maximum atomic E-state index is 12.2. The van der Waals surface area contributed by atoms with Crippen molar-refractivity contribution >= 4 is 28.9 Å². The first-order valence-corrected chi connectivity index (χ1v) is 17.9. The summed E-state index contributed by atoms with van der Waals surface area (Å²) < 4.78 is 0. The van der Waals surface area contributed by atoms with Crippen LogP contribution in [0.25, 0.3) is 0 Å². The van der Waals surface area contributed by atoms with E-state index in [1.54, 1.807) is 29.8 Å². The highest BCUT2D eigenvalue weighted by Gasteiger charge is 2.62. The number of aliphatic hydroxyl groups is 1. The van der Waals surface area contributed by atoms with Gasteiger partial charge in [-0.05, 0) is 132 Å². The molecule has 0 saturated heterocycles. The lowest BCUT2D eigenvalue weighted by Gasteiger charge is -2.53. The largest absolute Gasteiger partial charge is 0.378 e. The fraction of sp³-hybridized carbons (Fsp3) is 0.524. The Labute approximate surface area is 293 Å². The van der Waals surface area contributed by atoms with Crippen LogP contribution in [0.4, 0.5) is 5.69 Å². The van der Waals surface area contributed by atoms with Crippen molar-refractivity contribution in [1.82, 2.24) is 5.32 Å². The number of nitrogens with one attached hydrogen (secondary N) is 1. The van der Waals surface area contributed by atoms with E-state index in [0.29, 0.717) is 28.8 Å². The molecule has 0 spiro atoms. The van der Waals surface area contributed by atoms with Crippen LogP contribution in [-0.4, -0.2) is 48.0 Å². The first-order valence-electron chi connectivity index (χ1n) is 17.5. The minimum absolute atomic E-state index is 0.0671. The predicted molar refractivity (Wildman–Crippen MR) is 198 cm³/mol. The number of benzene rings is 2. The molecule has 0 aromatic heterocycles. The van der Waals surface area contributed by atoms with Crippen LogP contribution in [0.15, 0.2) is 71.3 Å². The fourth-order valence-corrected chi connectivity index (χ4v) is 9.18. The van der Waals surface area contributed by atoms with Crippen LogP contribution in [-0.2, 0) is 4.79 Å². The molecule has 2 N–H and O–H groups in total. The van der Waals surface area contributed by atoms with E-state index in [9.17, 15) is 14.7 Å². The molecule has 2 fully saturated rings. The number of anilines is 1. The van der Waals surface area contributed by atoms with E-state index in [-0.39, 0.29) is 34.5 Å². The minimum Gasteiger partial charge on any atom is -0.378 e. The van der Waals surface area contributed by atoms with Crippen molar-refractivity contribution in [2.45, 2.75) is 110 Å². The van der Waals surface area contributed by atoms with Gasteiger partial charge in [0.25, 0.3) is 0 Å². The van der Waals surface area contributed by atoms with Crippen molar-refractivity contribution in [2.75, 3.05) is 19.0 Å². The first kappa shape index (κ1) is 36.1. The summed E-state index contributed by atoms with van der Waals surface area (Å²) in [6.45, 7) is 12.1. The maximum Gasteiger partial charge on any atom is 0.179 e. The number of rotatable bonds is 5. The molecule has 0 amide bonds. The molecule has 0 aliphatic heterocycles. The molecule has 48 heavy (non-hydrogen) atoms. The van der Waals surface area contributed by atoms with Gasteiger partial charge in [0, 0.05) is 53.7 Å². The zero-order valence-electron chi connectivity index (χ0n) is 30.0. The van der Waals surface area contributed by atoms with E-state index >= 15 is 0 Å². The lowest BCUT2D eigenvalue weighted by Crippen LogP contribution is -2.51. The molecule has 0 radical (unpaired) electrons. The average Bonchev–Trinajstić information content (AvgIpc) is 3.29. The van der Waals surface area contributed by atoms with E-state index in [1.807, 2.05) is 40.7 Å². The summed E-state index contributed by atoms with van der Waals surface area (Å²) in [6, 6.07) is 15.8. The van der Waals surface area contributed by atoms with Crippen molar-refractivity contribution in [2.24, 2.45) is 17.3 Å². The van der Waals surface area contributed by atoms with Crippen molar-refractivity contribution in [3.8, 4) is 11.8 Å². The predicted octanol–water partition coefficient (Wildman–Crippen LogP) is 8.71. The summed E-state index contributed by atoms with van der Waals surface area (Å²) >= 11 is 5.85. The smallest absolute Gasteiger partial charge is 0.179 e. The van der Waals surface area contributed by atoms with Crippen molar-refractivity contribution in [3.05, 3.63) is 87.5 Å². The molecule has 0 heterocycles. The summed E-state index contributed by atoms with van der Waals surface area (Å²) in [5, 5.41) is 15.6. The molecule has 256 valence electrons. The summed E-state index contributed by atoms with van der Waals surface area (Å²) in [5.41, 5.74) is 6.29. The number of fused-ring (bicyclic) bond motifs is 4. The van der Waals surface area contributed by atoms with Gasteiger partial charge < -0.3 is 15.3 Å². The van der Waals surface area contributed by atoms with E-state index in [1.165, 1.54) is 22.4 Å². The molecule has 4 aliphatic rings. The monoisotopic (exact) mass is 668 g/mol. The second kappa shape index (κ2) is 14.0. The summed E-state index contributed by atoms with van der Waals surface area (Å²) in [4.78, 5) is 26.4. The third-order valence-electron chi connectivity index (χ3n) is 11.2. The van der Waals surface area contributed by atoms with Crippen LogP contribution in [0.1, 0.15) is 108 Å². The lowest BCUT2D eigenvalue weighted by atomic mass is 9.51. The Kier molecular flexibility index (Phi) is 10.5. The first-order chi connectivity index (χ1) is 22.6. The Morgan fingerprint density at radius 1 is 1.08 bits per heavy atom. The Balaban J connectivity index is 0.000000238. The van der Waals surface area contributed by atoms with Gasteiger partial charge in [-0.15, -0.1) is 5.92 Å². The maximum absolute atomic E-state index is 12.2. The topological polar surface area (TPSA) is 69.6 Å². The van der Waals surface area contributed by atoms with E-state index in [2.05, 4.69) is 67.3 Å². The van der Waals surface area contributed by atoms with Crippen molar-refractivity contribution < 1.29 is 14.7 Å². The number of carbonyl (C=O) groups is 2. The molecule has 2 saturated carbocycles. The zero-order valence-corrected chi connectivity index (χ0v) is 30.8. The summed E-state index contributed by atoms with van der Waals surface area (Å²) in [5.74, 6) is 7.83. The van der Waals surface area contributed by atoms with Crippen LogP contribution in [0.5, 0.6) is 0 Å². The van der Waals surface area contributed by atoms with Gasteiger partial charge in [0.15, 0.2) is 11.6 Å². The third-order valence-corrected chi connectivity index (χ3v) is 11.4. The zero-order chi connectivity index (χ0) is 35.0. The molecular weight excluding hydrogens is 616 g/mol. The highest BCUT2D eigenvalue weighted by Crippen LogP contribution is 2.66. The molecule has 5 nitrogen and oxygen atoms in total. The Bertz CT molecular complexity index is 1670. The van der Waals surface area contributed by atoms with Crippen molar-refractivity contribution in [3.63, 3.8) is 0 Å². The highest BCUT2D eigenvalue weighted by molar-refractivity contribution is 6.31. The van der Waals surface area contributed by atoms with Crippen LogP contribution in [0, 0.1) is 29.1 Å². The molecule has 2 aromatic carbocycles. The van der Waals surface area contributed by atoms with Crippen molar-refractivity contribution in [1.29, 1.82) is 0 Å². The Hall–Kier alpha value is -3.17. The van der Waals surface area contributed by atoms with Crippen LogP contribution >= 0.6 is 11.6 Å². The molecular formula is C42H53ClN2O3. The van der Waals surface area contributed by atoms with Gasteiger partial charge >= 0.3 is 0 Å². The summed E-state index contributed by atoms with van der Waals surface area (Å²) in [6.07, 6.45) is 8.23. The Morgan fingerprint density at radius 2 is 1.79 bits per heavy atom. The minimum atomic E-state index is -0.914. The number of Topliss-reactive ketones (excluding diaryl/α,β-unsaturated/α-hetero) is 1. The van der Waals surface area contributed by atoms with E-state index < -0.39 is 5.60 Å². The Morgan fingerprint density at radius 3 is 2.42 bits per heavy atom. The standard InChI is InChI=1S/C29H35NO2.C13H18ClNO/c1-5-15-29(32)16-14-26-24-12-8-20-17-22(31)11-13-23(20)27(24)25(18-28(26,29)2)19-6-9-21(10-7-19)30(3)4;1-9(15-13(2,3)4)12(16)10-6-5-7-11(14)8-10/h6-7,9-10,17,24-26,32H,8,11-14,16,18H2,1-4H3;5-9,15H,1-4H3/t24-,25+,26-,28-,29-;/m0./s1. The molecule has 6 atom stereocenters. The third kappa shape index (κ3) is 7.23. The highest BCUT2D eigenvalue weighted by atomic mass is 35.5. The second-order valence-electron chi connectivity index (χ2n) is 15.7. The summed E-state index contributed by atoms with van der Waals surface area (Å²) in [7, 11) is 4.14. The van der Waals surface area contributed by atoms with Gasteiger partial charge in [-0.1, -0.05) is 54.3 Å². The number of carbonyl (C=O) groups excluding carboxylic acids is 2. The normalized spacial score (nSPS) is 28.4. The second-order valence-corrected chi connectivity index (χ2v) is 16.2. The fourth-order valence-electron chi connectivity index (χ4n) is 8.99. The SMILES string of the molecule is CC#C[C@]1(O)CC[C@H]2[C@@H]3CCC4=CC(=O)CCC4=C3[C@@H](c3ccc(N(C)C)cc3)C[C@@]21C.CC(NC(C)(C)C)C(=O)c1cccc(Cl)c1. The molecule has 6 rings (SSSR count). The number of halogens is 1. The van der Waals surface area contributed by atoms with Gasteiger partial charge in [0.2, 0.25) is 0 Å². The number of nitrogens with zero attached hydrogens (tertiary/aromatic N) is 1. The van der Waals surface area contributed by atoms with Gasteiger partial charge in [-0.3, -0.25) is 9.59 Å². The number of hydrogen-bond donors (Lipinski definition) is 2. The average molecular weight is 669 g/mol. The number of ketones is 2. The molecule has 6 heteroatoms. The van der Waals surface area contributed by atoms with Crippen LogP contribution in [0.2, 0.25) is 5.02 Å². The van der Waals surface area contributed by atoms with Crippen LogP contribution < -0.4 is 10.2 Å².